The van der Waals surface area contributed by atoms with Crippen LogP contribution in [0.1, 0.15) is 6.42 Å². The fourth-order valence-electron chi connectivity index (χ4n) is 1.27. The summed E-state index contributed by atoms with van der Waals surface area (Å²) in [6, 6.07) is 1.94. The Bertz CT molecular complexity index is 288. The summed E-state index contributed by atoms with van der Waals surface area (Å²) in [5, 5.41) is 4.13. The van der Waals surface area contributed by atoms with Crippen molar-refractivity contribution >= 4 is 0 Å². The molecule has 0 atom stereocenters. The van der Waals surface area contributed by atoms with Crippen LogP contribution >= 0.6 is 0 Å². The predicted molar refractivity (Wildman–Crippen MR) is 49.1 cm³/mol. The third kappa shape index (κ3) is 2.18. The van der Waals surface area contributed by atoms with E-state index in [2.05, 4.69) is 14.6 Å². The van der Waals surface area contributed by atoms with Crippen molar-refractivity contribution in [2.24, 2.45) is 0 Å². The van der Waals surface area contributed by atoms with Crippen molar-refractivity contribution in [3.05, 3.63) is 37.2 Å². The third-order valence-corrected chi connectivity index (χ3v) is 1.92. The number of aryl methyl sites for hydroxylation is 2. The number of imidazole rings is 1. The maximum atomic E-state index is 4.13. The molecule has 0 saturated carbocycles. The van der Waals surface area contributed by atoms with Crippen LogP contribution in [0.3, 0.4) is 0 Å². The van der Waals surface area contributed by atoms with E-state index in [1.54, 1.807) is 12.4 Å². The fourth-order valence-corrected chi connectivity index (χ4v) is 1.27. The summed E-state index contributed by atoms with van der Waals surface area (Å²) >= 11 is 0. The zero-order valence-electron chi connectivity index (χ0n) is 7.37. The molecule has 0 aromatic carbocycles. The molecule has 0 amide bonds. The molecule has 2 aromatic heterocycles. The average molecular weight is 176 g/mol. The summed E-state index contributed by atoms with van der Waals surface area (Å²) in [5.74, 6) is 0. The molecule has 13 heavy (non-hydrogen) atoms. The van der Waals surface area contributed by atoms with Gasteiger partial charge in [0.1, 0.15) is 0 Å². The average Bonchev–Trinajstić information content (AvgIpc) is 2.75. The van der Waals surface area contributed by atoms with Crippen LogP contribution in [-0.4, -0.2) is 19.3 Å². The first kappa shape index (κ1) is 8.04. The topological polar surface area (TPSA) is 35.6 Å². The van der Waals surface area contributed by atoms with E-state index < -0.39 is 0 Å². The highest BCUT2D eigenvalue weighted by atomic mass is 15.3. The van der Waals surface area contributed by atoms with E-state index >= 15 is 0 Å². The van der Waals surface area contributed by atoms with Crippen molar-refractivity contribution in [3.8, 4) is 0 Å². The summed E-state index contributed by atoms with van der Waals surface area (Å²) in [5.41, 5.74) is 0. The number of rotatable bonds is 4. The Hall–Kier alpha value is -1.58. The Kier molecular flexibility index (Phi) is 2.40. The van der Waals surface area contributed by atoms with Gasteiger partial charge in [0.05, 0.1) is 6.33 Å². The van der Waals surface area contributed by atoms with Gasteiger partial charge < -0.3 is 4.57 Å². The quantitative estimate of drug-likeness (QED) is 0.701. The molecular formula is C9H12N4. The van der Waals surface area contributed by atoms with Crippen LogP contribution in [0.2, 0.25) is 0 Å². The molecule has 2 aromatic rings. The molecule has 2 rings (SSSR count). The smallest absolute Gasteiger partial charge is 0.0945 e. The maximum absolute atomic E-state index is 4.13. The zero-order valence-corrected chi connectivity index (χ0v) is 7.37. The molecule has 0 unspecified atom stereocenters. The largest absolute Gasteiger partial charge is 0.337 e. The minimum absolute atomic E-state index is 0.963. The number of nitrogens with zero attached hydrogens (tertiary/aromatic N) is 4. The fraction of sp³-hybridized carbons (Fsp3) is 0.333. The van der Waals surface area contributed by atoms with Gasteiger partial charge >= 0.3 is 0 Å². The molecule has 0 aliphatic rings. The molecule has 2 heterocycles. The van der Waals surface area contributed by atoms with E-state index in [1.165, 1.54) is 0 Å². The molecule has 0 aliphatic heterocycles. The molecule has 0 fully saturated rings. The van der Waals surface area contributed by atoms with Gasteiger partial charge in [-0.1, -0.05) is 0 Å². The molecule has 0 bridgehead atoms. The van der Waals surface area contributed by atoms with E-state index in [9.17, 15) is 0 Å². The summed E-state index contributed by atoms with van der Waals surface area (Å²) in [6.07, 6.45) is 10.5. The molecule has 4 nitrogen and oxygen atoms in total. The first-order valence-corrected chi connectivity index (χ1v) is 4.38. The van der Waals surface area contributed by atoms with Crippen molar-refractivity contribution in [1.29, 1.82) is 0 Å². The molecule has 0 spiro atoms. The van der Waals surface area contributed by atoms with Crippen molar-refractivity contribution in [2.75, 3.05) is 0 Å². The van der Waals surface area contributed by atoms with E-state index in [0.29, 0.717) is 0 Å². The van der Waals surface area contributed by atoms with Gasteiger partial charge in [-0.2, -0.15) is 5.10 Å². The van der Waals surface area contributed by atoms with Gasteiger partial charge in [0.15, 0.2) is 0 Å². The molecule has 0 radical (unpaired) electrons. The molecule has 68 valence electrons. The van der Waals surface area contributed by atoms with Crippen molar-refractivity contribution in [2.45, 2.75) is 19.5 Å². The van der Waals surface area contributed by atoms with E-state index in [1.807, 2.05) is 29.5 Å². The van der Waals surface area contributed by atoms with Crippen LogP contribution in [0.25, 0.3) is 0 Å². The second-order valence-electron chi connectivity index (χ2n) is 2.92. The second-order valence-corrected chi connectivity index (χ2v) is 2.92. The Balaban J connectivity index is 1.76. The lowest BCUT2D eigenvalue weighted by molar-refractivity contribution is 0.526. The number of hydrogen-bond donors (Lipinski definition) is 0. The van der Waals surface area contributed by atoms with Gasteiger partial charge in [-0.3, -0.25) is 4.68 Å². The van der Waals surface area contributed by atoms with Crippen molar-refractivity contribution in [3.63, 3.8) is 0 Å². The molecule has 0 aliphatic carbocycles. The van der Waals surface area contributed by atoms with Crippen LogP contribution in [0.4, 0.5) is 0 Å². The normalized spacial score (nSPS) is 10.5. The van der Waals surface area contributed by atoms with Crippen LogP contribution in [0.15, 0.2) is 37.2 Å². The Morgan fingerprint density at radius 2 is 2.08 bits per heavy atom. The number of aromatic nitrogens is 4. The lowest BCUT2D eigenvalue weighted by Gasteiger charge is -2.01. The van der Waals surface area contributed by atoms with Gasteiger partial charge in [0.25, 0.3) is 0 Å². The second kappa shape index (κ2) is 3.89. The summed E-state index contributed by atoms with van der Waals surface area (Å²) in [7, 11) is 0. The van der Waals surface area contributed by atoms with Crippen LogP contribution < -0.4 is 0 Å². The van der Waals surface area contributed by atoms with Crippen LogP contribution in [0.5, 0.6) is 0 Å². The van der Waals surface area contributed by atoms with Crippen LogP contribution in [0, 0.1) is 0 Å². The molecule has 0 saturated heterocycles. The monoisotopic (exact) mass is 176 g/mol. The first-order valence-electron chi connectivity index (χ1n) is 4.38. The van der Waals surface area contributed by atoms with Gasteiger partial charge in [-0.25, -0.2) is 4.98 Å². The summed E-state index contributed by atoms with van der Waals surface area (Å²) in [4.78, 5) is 3.98. The summed E-state index contributed by atoms with van der Waals surface area (Å²) in [6.45, 7) is 1.96. The lowest BCUT2D eigenvalue weighted by atomic mass is 10.4. The van der Waals surface area contributed by atoms with Crippen molar-refractivity contribution < 1.29 is 0 Å². The predicted octanol–water partition coefficient (Wildman–Crippen LogP) is 1.17. The Morgan fingerprint density at radius 1 is 1.08 bits per heavy atom. The third-order valence-electron chi connectivity index (χ3n) is 1.92. The molecular weight excluding hydrogens is 164 g/mol. The molecule has 0 N–H and O–H groups in total. The van der Waals surface area contributed by atoms with E-state index in [0.717, 1.165) is 19.5 Å². The van der Waals surface area contributed by atoms with Crippen molar-refractivity contribution in [1.82, 2.24) is 19.3 Å². The van der Waals surface area contributed by atoms with Gasteiger partial charge in [0, 0.05) is 37.9 Å². The molecule has 4 heteroatoms. The van der Waals surface area contributed by atoms with Crippen LogP contribution in [-0.2, 0) is 13.1 Å². The minimum atomic E-state index is 0.963. The standard InChI is InChI=1S/C9H12N4/c1-3-11-13(6-1)7-2-5-12-8-4-10-9-12/h1,3-4,6,8-9H,2,5,7H2. The Morgan fingerprint density at radius 3 is 2.77 bits per heavy atom. The minimum Gasteiger partial charge on any atom is -0.337 e. The lowest BCUT2D eigenvalue weighted by Crippen LogP contribution is -2.02. The SMILES string of the molecule is c1cnn(CCCn2ccnc2)c1. The van der Waals surface area contributed by atoms with Gasteiger partial charge in [-0.15, -0.1) is 0 Å². The van der Waals surface area contributed by atoms with E-state index in [-0.39, 0.29) is 0 Å². The highest BCUT2D eigenvalue weighted by molar-refractivity contribution is 4.78. The van der Waals surface area contributed by atoms with E-state index in [4.69, 9.17) is 0 Å². The maximum Gasteiger partial charge on any atom is 0.0945 e. The highest BCUT2D eigenvalue weighted by Crippen LogP contribution is 1.93. The Labute approximate surface area is 76.8 Å². The highest BCUT2D eigenvalue weighted by Gasteiger charge is 1.91. The zero-order chi connectivity index (χ0) is 8.93. The first-order chi connectivity index (χ1) is 6.45. The number of hydrogen-bond acceptors (Lipinski definition) is 2. The van der Waals surface area contributed by atoms with Gasteiger partial charge in [-0.05, 0) is 12.5 Å². The van der Waals surface area contributed by atoms with Gasteiger partial charge in [0.2, 0.25) is 0 Å². The summed E-state index contributed by atoms with van der Waals surface area (Å²) < 4.78 is 4.01.